The molecule has 1 aromatic carbocycles. The molecular formula is C19H24N4O3S. The first-order valence-corrected chi connectivity index (χ1v) is 10.4. The zero-order chi connectivity index (χ0) is 18.6. The minimum absolute atomic E-state index is 0.180. The molecule has 4 rings (SSSR count). The fourth-order valence-electron chi connectivity index (χ4n) is 3.36. The fraction of sp³-hybridized carbons (Fsp3) is 0.526. The van der Waals surface area contributed by atoms with E-state index in [0.717, 1.165) is 60.4 Å². The van der Waals surface area contributed by atoms with Crippen LogP contribution in [0.25, 0.3) is 11.4 Å². The maximum atomic E-state index is 12.4. The van der Waals surface area contributed by atoms with Crippen LogP contribution in [0.2, 0.25) is 0 Å². The van der Waals surface area contributed by atoms with E-state index in [-0.39, 0.29) is 5.91 Å². The van der Waals surface area contributed by atoms with Crippen molar-refractivity contribution in [3.63, 3.8) is 0 Å². The number of nitrogens with zero attached hydrogens (tertiary/aromatic N) is 4. The van der Waals surface area contributed by atoms with E-state index in [0.29, 0.717) is 19.0 Å². The average molecular weight is 388 g/mol. The molecule has 0 saturated carbocycles. The predicted molar refractivity (Wildman–Crippen MR) is 103 cm³/mol. The molecule has 1 fully saturated rings. The number of piperidine rings is 1. The van der Waals surface area contributed by atoms with Crippen molar-refractivity contribution in [1.29, 1.82) is 0 Å². The van der Waals surface area contributed by atoms with E-state index < -0.39 is 0 Å². The van der Waals surface area contributed by atoms with Crippen molar-refractivity contribution in [2.45, 2.75) is 30.8 Å². The van der Waals surface area contributed by atoms with Crippen LogP contribution in [0.4, 0.5) is 0 Å². The van der Waals surface area contributed by atoms with Gasteiger partial charge < -0.3 is 18.9 Å². The van der Waals surface area contributed by atoms with Gasteiger partial charge >= 0.3 is 0 Å². The van der Waals surface area contributed by atoms with Gasteiger partial charge in [0.2, 0.25) is 5.91 Å². The highest BCUT2D eigenvalue weighted by Gasteiger charge is 2.19. The lowest BCUT2D eigenvalue weighted by atomic mass is 10.1. The van der Waals surface area contributed by atoms with Gasteiger partial charge in [0.1, 0.15) is 0 Å². The number of thioether (sulfide) groups is 1. The molecule has 3 heterocycles. The highest BCUT2D eigenvalue weighted by molar-refractivity contribution is 7.99. The second-order valence-corrected chi connectivity index (χ2v) is 7.75. The van der Waals surface area contributed by atoms with Crippen LogP contribution < -0.4 is 9.47 Å². The molecule has 0 aliphatic carbocycles. The number of hydrogen-bond donors (Lipinski definition) is 0. The number of hydrogen-bond acceptors (Lipinski definition) is 6. The Morgan fingerprint density at radius 3 is 2.67 bits per heavy atom. The average Bonchev–Trinajstić information content (AvgIpc) is 2.91. The number of aromatic nitrogens is 3. The Bertz CT molecular complexity index is 817. The molecule has 7 nitrogen and oxygen atoms in total. The molecule has 2 aliphatic rings. The summed E-state index contributed by atoms with van der Waals surface area (Å²) < 4.78 is 13.4. The maximum absolute atomic E-state index is 12.4. The first kappa shape index (κ1) is 18.2. The second-order valence-electron chi connectivity index (χ2n) is 6.81. The summed E-state index contributed by atoms with van der Waals surface area (Å²) in [5, 5.41) is 9.33. The zero-order valence-corrected chi connectivity index (χ0v) is 16.3. The molecule has 144 valence electrons. The summed E-state index contributed by atoms with van der Waals surface area (Å²) >= 11 is 1.44. The quantitative estimate of drug-likeness (QED) is 0.750. The van der Waals surface area contributed by atoms with E-state index in [9.17, 15) is 4.79 Å². The summed E-state index contributed by atoms with van der Waals surface area (Å²) in [7, 11) is 1.92. The first-order chi connectivity index (χ1) is 13.2. The number of fused-ring (bicyclic) bond motifs is 1. The van der Waals surface area contributed by atoms with Crippen LogP contribution in [0.1, 0.15) is 25.7 Å². The summed E-state index contributed by atoms with van der Waals surface area (Å²) in [4.78, 5) is 14.3. The Hall–Kier alpha value is -2.22. The van der Waals surface area contributed by atoms with Gasteiger partial charge in [0.05, 0.1) is 19.0 Å². The topological polar surface area (TPSA) is 69.5 Å². The molecule has 0 N–H and O–H groups in total. The van der Waals surface area contributed by atoms with Crippen molar-refractivity contribution in [1.82, 2.24) is 19.7 Å². The minimum Gasteiger partial charge on any atom is -0.490 e. The van der Waals surface area contributed by atoms with Crippen LogP contribution in [-0.2, 0) is 11.8 Å². The largest absolute Gasteiger partial charge is 0.490 e. The number of carbonyl (C=O) groups excluding carboxylic acids is 1. The molecule has 2 aromatic rings. The molecular weight excluding hydrogens is 364 g/mol. The van der Waals surface area contributed by atoms with E-state index in [4.69, 9.17) is 9.47 Å². The van der Waals surface area contributed by atoms with Crippen molar-refractivity contribution in [3.8, 4) is 22.9 Å². The summed E-state index contributed by atoms with van der Waals surface area (Å²) in [6.07, 6.45) is 4.31. The Labute approximate surface area is 163 Å². The molecule has 0 spiro atoms. The molecule has 0 radical (unpaired) electrons. The lowest BCUT2D eigenvalue weighted by Crippen LogP contribution is -2.36. The van der Waals surface area contributed by atoms with Crippen LogP contribution in [0.15, 0.2) is 23.4 Å². The molecule has 0 bridgehead atoms. The monoisotopic (exact) mass is 388 g/mol. The standard InChI is InChI=1S/C19H24N4O3S/c1-22-18(14-6-7-15-16(12-14)26-11-5-10-25-15)20-21-19(22)27-13-17(24)23-8-3-2-4-9-23/h6-7,12H,2-5,8-11,13H2,1H3. The molecule has 1 aromatic heterocycles. The van der Waals surface area contributed by atoms with Gasteiger partial charge in [-0.2, -0.15) is 0 Å². The number of amides is 1. The first-order valence-electron chi connectivity index (χ1n) is 9.42. The summed E-state index contributed by atoms with van der Waals surface area (Å²) in [5.74, 6) is 2.83. The Kier molecular flexibility index (Phi) is 5.52. The number of rotatable bonds is 4. The van der Waals surface area contributed by atoms with Gasteiger partial charge in [0.25, 0.3) is 0 Å². The van der Waals surface area contributed by atoms with Crippen molar-refractivity contribution >= 4 is 17.7 Å². The van der Waals surface area contributed by atoms with Gasteiger partial charge in [-0.1, -0.05) is 11.8 Å². The summed E-state index contributed by atoms with van der Waals surface area (Å²) in [6.45, 7) is 3.07. The van der Waals surface area contributed by atoms with Gasteiger partial charge in [-0.25, -0.2) is 0 Å². The van der Waals surface area contributed by atoms with Gasteiger partial charge in [0.15, 0.2) is 22.5 Å². The van der Waals surface area contributed by atoms with Crippen LogP contribution in [0.5, 0.6) is 11.5 Å². The van der Waals surface area contributed by atoms with Gasteiger partial charge in [-0.05, 0) is 37.5 Å². The van der Waals surface area contributed by atoms with Gasteiger partial charge in [-0.15, -0.1) is 10.2 Å². The van der Waals surface area contributed by atoms with Crippen molar-refractivity contribution in [3.05, 3.63) is 18.2 Å². The third kappa shape index (κ3) is 4.05. The van der Waals surface area contributed by atoms with Crippen LogP contribution in [-0.4, -0.2) is 57.6 Å². The number of carbonyl (C=O) groups is 1. The fourth-order valence-corrected chi connectivity index (χ4v) is 4.17. The molecule has 27 heavy (non-hydrogen) atoms. The third-order valence-electron chi connectivity index (χ3n) is 4.87. The summed E-state index contributed by atoms with van der Waals surface area (Å²) in [5.41, 5.74) is 0.920. The van der Waals surface area contributed by atoms with Crippen LogP contribution >= 0.6 is 11.8 Å². The third-order valence-corrected chi connectivity index (χ3v) is 5.88. The van der Waals surface area contributed by atoms with E-state index in [1.54, 1.807) is 0 Å². The lowest BCUT2D eigenvalue weighted by Gasteiger charge is -2.26. The van der Waals surface area contributed by atoms with E-state index in [2.05, 4.69) is 10.2 Å². The number of benzene rings is 1. The van der Waals surface area contributed by atoms with Crippen LogP contribution in [0, 0.1) is 0 Å². The predicted octanol–water partition coefficient (Wildman–Crippen LogP) is 2.75. The smallest absolute Gasteiger partial charge is 0.233 e. The van der Waals surface area contributed by atoms with Gasteiger partial charge in [-0.3, -0.25) is 4.79 Å². The van der Waals surface area contributed by atoms with E-state index >= 15 is 0 Å². The molecule has 1 saturated heterocycles. The second kappa shape index (κ2) is 8.21. The van der Waals surface area contributed by atoms with Crippen molar-refractivity contribution < 1.29 is 14.3 Å². The number of ether oxygens (including phenoxy) is 2. The zero-order valence-electron chi connectivity index (χ0n) is 15.5. The van der Waals surface area contributed by atoms with Crippen molar-refractivity contribution in [2.24, 2.45) is 7.05 Å². The highest BCUT2D eigenvalue weighted by Crippen LogP contribution is 2.34. The maximum Gasteiger partial charge on any atom is 0.233 e. The molecule has 0 unspecified atom stereocenters. The Morgan fingerprint density at radius 2 is 1.85 bits per heavy atom. The molecule has 2 aliphatic heterocycles. The lowest BCUT2D eigenvalue weighted by molar-refractivity contribution is -0.129. The normalized spacial score (nSPS) is 16.9. The SMILES string of the molecule is Cn1c(SCC(=O)N2CCCCC2)nnc1-c1ccc2c(c1)OCCCO2. The van der Waals surface area contributed by atoms with Gasteiger partial charge in [0, 0.05) is 32.1 Å². The molecule has 0 atom stereocenters. The van der Waals surface area contributed by atoms with E-state index in [1.165, 1.54) is 18.2 Å². The van der Waals surface area contributed by atoms with E-state index in [1.807, 2.05) is 34.7 Å². The Balaban J connectivity index is 1.46. The Morgan fingerprint density at radius 1 is 1.07 bits per heavy atom. The minimum atomic E-state index is 0.180. The van der Waals surface area contributed by atoms with Crippen LogP contribution in [0.3, 0.4) is 0 Å². The molecule has 1 amide bonds. The number of likely N-dealkylation sites (tertiary alicyclic amines) is 1. The molecule has 8 heteroatoms. The highest BCUT2D eigenvalue weighted by atomic mass is 32.2. The summed E-state index contributed by atoms with van der Waals surface area (Å²) in [6, 6.07) is 5.82. The van der Waals surface area contributed by atoms with Crippen molar-refractivity contribution in [2.75, 3.05) is 32.1 Å².